The molecule has 2 aromatic carbocycles. The molecule has 2 aromatic heterocycles. The summed E-state index contributed by atoms with van der Waals surface area (Å²) in [5, 5.41) is 4.78. The van der Waals surface area contributed by atoms with Crippen molar-refractivity contribution in [2.45, 2.75) is 6.54 Å². The number of methoxy groups -OCH3 is 1. The van der Waals surface area contributed by atoms with E-state index in [0.717, 1.165) is 4.68 Å². The number of benzene rings is 2. The molecule has 136 valence electrons. The van der Waals surface area contributed by atoms with Crippen molar-refractivity contribution in [3.8, 4) is 17.2 Å². The Morgan fingerprint density at radius 3 is 2.59 bits per heavy atom. The molecule has 0 spiro atoms. The van der Waals surface area contributed by atoms with Gasteiger partial charge in [-0.15, -0.1) is 5.10 Å². The first-order valence-electron chi connectivity index (χ1n) is 7.98. The smallest absolute Gasteiger partial charge is 0.437 e. The minimum absolute atomic E-state index is 0.0119. The lowest BCUT2D eigenvalue weighted by Crippen LogP contribution is -2.17. The van der Waals surface area contributed by atoms with Gasteiger partial charge in [-0.1, -0.05) is 0 Å². The molecule has 0 radical (unpaired) electrons. The van der Waals surface area contributed by atoms with Crippen molar-refractivity contribution in [1.82, 2.24) is 9.78 Å². The number of nitrogens with zero attached hydrogens (tertiary/aromatic N) is 2. The summed E-state index contributed by atoms with van der Waals surface area (Å²) in [6, 6.07) is 11.8. The highest BCUT2D eigenvalue weighted by Crippen LogP contribution is 2.23. The molecule has 0 amide bonds. The Balaban J connectivity index is 1.75. The SMILES string of the molecule is COc1ccc2c(Cn3nc(-c4ccc(F)cc4)oc3=O)cc(=O)oc2c1. The second-order valence-electron chi connectivity index (χ2n) is 5.79. The Hall–Kier alpha value is -3.68. The van der Waals surface area contributed by atoms with Gasteiger partial charge in [-0.3, -0.25) is 0 Å². The van der Waals surface area contributed by atoms with Gasteiger partial charge in [-0.2, -0.15) is 4.68 Å². The lowest BCUT2D eigenvalue weighted by molar-refractivity contribution is 0.414. The predicted octanol–water partition coefficient (Wildman–Crippen LogP) is 2.81. The van der Waals surface area contributed by atoms with Crippen LogP contribution in [-0.2, 0) is 6.54 Å². The predicted molar refractivity (Wildman–Crippen MR) is 94.3 cm³/mol. The molecule has 0 aliphatic heterocycles. The summed E-state index contributed by atoms with van der Waals surface area (Å²) in [4.78, 5) is 24.0. The van der Waals surface area contributed by atoms with Crippen LogP contribution >= 0.6 is 0 Å². The molecule has 2 heterocycles. The van der Waals surface area contributed by atoms with Crippen LogP contribution < -0.4 is 16.1 Å². The van der Waals surface area contributed by atoms with Crippen LogP contribution in [0.15, 0.2) is 67.0 Å². The quantitative estimate of drug-likeness (QED) is 0.515. The van der Waals surface area contributed by atoms with Crippen molar-refractivity contribution in [2.24, 2.45) is 0 Å². The molecule has 8 heteroatoms. The topological polar surface area (TPSA) is 87.5 Å². The van der Waals surface area contributed by atoms with Gasteiger partial charge in [0.25, 0.3) is 0 Å². The summed E-state index contributed by atoms with van der Waals surface area (Å²) >= 11 is 0. The fraction of sp³-hybridized carbons (Fsp3) is 0.105. The van der Waals surface area contributed by atoms with Crippen molar-refractivity contribution in [2.75, 3.05) is 7.11 Å². The second kappa shape index (κ2) is 6.56. The zero-order chi connectivity index (χ0) is 19.0. The molecule has 0 bridgehead atoms. The third-order valence-electron chi connectivity index (χ3n) is 4.05. The molecule has 0 saturated heterocycles. The van der Waals surface area contributed by atoms with Gasteiger partial charge in [0.15, 0.2) is 0 Å². The fourth-order valence-corrected chi connectivity index (χ4v) is 2.74. The van der Waals surface area contributed by atoms with E-state index in [1.165, 1.54) is 37.4 Å². The van der Waals surface area contributed by atoms with Gasteiger partial charge in [0.2, 0.25) is 5.89 Å². The molecule has 4 rings (SSSR count). The van der Waals surface area contributed by atoms with Crippen LogP contribution in [0.3, 0.4) is 0 Å². The van der Waals surface area contributed by atoms with E-state index in [-0.39, 0.29) is 12.4 Å². The zero-order valence-electron chi connectivity index (χ0n) is 14.1. The van der Waals surface area contributed by atoms with Gasteiger partial charge in [-0.25, -0.2) is 14.0 Å². The average molecular weight is 368 g/mol. The molecule has 27 heavy (non-hydrogen) atoms. The Morgan fingerprint density at radius 1 is 1.07 bits per heavy atom. The van der Waals surface area contributed by atoms with E-state index in [1.807, 2.05) is 0 Å². The Labute approximate surface area is 151 Å². The van der Waals surface area contributed by atoms with Crippen LogP contribution in [0.5, 0.6) is 5.75 Å². The van der Waals surface area contributed by atoms with E-state index in [9.17, 15) is 14.0 Å². The lowest BCUT2D eigenvalue weighted by atomic mass is 10.1. The van der Waals surface area contributed by atoms with Gasteiger partial charge in [0.1, 0.15) is 17.1 Å². The Morgan fingerprint density at radius 2 is 1.85 bits per heavy atom. The third kappa shape index (κ3) is 3.24. The van der Waals surface area contributed by atoms with Gasteiger partial charge < -0.3 is 13.6 Å². The highest BCUT2D eigenvalue weighted by Gasteiger charge is 2.14. The lowest BCUT2D eigenvalue weighted by Gasteiger charge is -2.06. The van der Waals surface area contributed by atoms with Gasteiger partial charge in [0.05, 0.1) is 13.7 Å². The van der Waals surface area contributed by atoms with E-state index < -0.39 is 17.2 Å². The average Bonchev–Trinajstić information content (AvgIpc) is 3.02. The van der Waals surface area contributed by atoms with Gasteiger partial charge >= 0.3 is 11.4 Å². The second-order valence-corrected chi connectivity index (χ2v) is 5.79. The number of ether oxygens (including phenoxy) is 1. The molecule has 0 aliphatic carbocycles. The molecular weight excluding hydrogens is 355 g/mol. The standard InChI is InChI=1S/C19H13FN2O5/c1-25-14-6-7-15-12(8-17(23)26-16(15)9-14)10-22-19(24)27-18(21-22)11-2-4-13(20)5-3-11/h2-9H,10H2,1H3. The maximum atomic E-state index is 13.0. The summed E-state index contributed by atoms with van der Waals surface area (Å²) < 4.78 is 29.6. The van der Waals surface area contributed by atoms with Crippen LogP contribution in [0.1, 0.15) is 5.56 Å². The van der Waals surface area contributed by atoms with Crippen molar-refractivity contribution >= 4 is 11.0 Å². The molecular formula is C19H13FN2O5. The molecule has 7 nitrogen and oxygen atoms in total. The van der Waals surface area contributed by atoms with Crippen molar-refractivity contribution in [1.29, 1.82) is 0 Å². The maximum Gasteiger partial charge on any atom is 0.437 e. The van der Waals surface area contributed by atoms with E-state index in [4.69, 9.17) is 13.6 Å². The molecule has 0 fully saturated rings. The highest BCUT2D eigenvalue weighted by atomic mass is 19.1. The molecule has 0 aliphatic rings. The number of hydrogen-bond donors (Lipinski definition) is 0. The van der Waals surface area contributed by atoms with Crippen LogP contribution in [0, 0.1) is 5.82 Å². The molecule has 0 atom stereocenters. The summed E-state index contributed by atoms with van der Waals surface area (Å²) in [5.74, 6) is -0.489. The zero-order valence-corrected chi connectivity index (χ0v) is 14.1. The summed E-state index contributed by atoms with van der Waals surface area (Å²) in [5.41, 5.74) is 0.799. The summed E-state index contributed by atoms with van der Waals surface area (Å²) in [6.45, 7) is 0.0119. The summed E-state index contributed by atoms with van der Waals surface area (Å²) in [7, 11) is 1.51. The Kier molecular flexibility index (Phi) is 4.08. The number of halogens is 1. The first-order valence-corrected chi connectivity index (χ1v) is 7.98. The van der Waals surface area contributed by atoms with E-state index in [1.54, 1.807) is 18.2 Å². The minimum Gasteiger partial charge on any atom is -0.497 e. The van der Waals surface area contributed by atoms with E-state index in [0.29, 0.717) is 27.8 Å². The monoisotopic (exact) mass is 368 g/mol. The summed E-state index contributed by atoms with van der Waals surface area (Å²) in [6.07, 6.45) is 0. The fourth-order valence-electron chi connectivity index (χ4n) is 2.74. The first kappa shape index (κ1) is 16.8. The van der Waals surface area contributed by atoms with E-state index >= 15 is 0 Å². The number of rotatable bonds is 4. The number of fused-ring (bicyclic) bond motifs is 1. The molecule has 0 saturated carbocycles. The van der Waals surface area contributed by atoms with Crippen LogP contribution in [0.2, 0.25) is 0 Å². The third-order valence-corrected chi connectivity index (χ3v) is 4.05. The molecule has 0 N–H and O–H groups in total. The van der Waals surface area contributed by atoms with Crippen LogP contribution in [0.25, 0.3) is 22.4 Å². The Bertz CT molecular complexity index is 1240. The minimum atomic E-state index is -0.691. The maximum absolute atomic E-state index is 13.0. The van der Waals surface area contributed by atoms with Gasteiger partial charge in [0, 0.05) is 23.1 Å². The largest absolute Gasteiger partial charge is 0.497 e. The van der Waals surface area contributed by atoms with Crippen LogP contribution in [-0.4, -0.2) is 16.9 Å². The van der Waals surface area contributed by atoms with Gasteiger partial charge in [-0.05, 0) is 42.0 Å². The molecule has 4 aromatic rings. The van der Waals surface area contributed by atoms with E-state index in [2.05, 4.69) is 5.10 Å². The normalized spacial score (nSPS) is 11.0. The number of aromatic nitrogens is 2. The number of hydrogen-bond acceptors (Lipinski definition) is 6. The first-order chi connectivity index (χ1) is 13.0. The van der Waals surface area contributed by atoms with Crippen molar-refractivity contribution in [3.05, 3.63) is 80.9 Å². The highest BCUT2D eigenvalue weighted by molar-refractivity contribution is 5.81. The van der Waals surface area contributed by atoms with Crippen molar-refractivity contribution in [3.63, 3.8) is 0 Å². The van der Waals surface area contributed by atoms with Crippen molar-refractivity contribution < 1.29 is 18.0 Å². The molecule has 0 unspecified atom stereocenters. The van der Waals surface area contributed by atoms with Crippen LogP contribution in [0.4, 0.5) is 4.39 Å².